The predicted molar refractivity (Wildman–Crippen MR) is 73.5 cm³/mol. The lowest BCUT2D eigenvalue weighted by Crippen LogP contribution is -2.23. The molecule has 20 heavy (non-hydrogen) atoms. The Morgan fingerprint density at radius 3 is 2.85 bits per heavy atom. The molecule has 3 heterocycles. The van der Waals surface area contributed by atoms with Gasteiger partial charge in [0, 0.05) is 19.1 Å². The number of rotatable bonds is 2. The first-order chi connectivity index (χ1) is 9.66. The number of aromatic amines is 1. The second kappa shape index (κ2) is 5.41. The Labute approximate surface area is 118 Å². The first kappa shape index (κ1) is 13.4. The fourth-order valence-electron chi connectivity index (χ4n) is 2.35. The van der Waals surface area contributed by atoms with E-state index in [0.29, 0.717) is 31.9 Å². The summed E-state index contributed by atoms with van der Waals surface area (Å²) in [6.45, 7) is 2.99. The summed E-state index contributed by atoms with van der Waals surface area (Å²) in [6, 6.07) is 0. The lowest BCUT2D eigenvalue weighted by Gasteiger charge is -2.21. The van der Waals surface area contributed by atoms with Crippen LogP contribution in [0.25, 0.3) is 10.7 Å². The van der Waals surface area contributed by atoms with Gasteiger partial charge >= 0.3 is 0 Å². The molecule has 2 aromatic rings. The first-order valence-electron chi connectivity index (χ1n) is 6.44. The largest absolute Gasteiger partial charge is 0.381 e. The maximum absolute atomic E-state index is 14.0. The highest BCUT2D eigenvalue weighted by Crippen LogP contribution is 2.29. The zero-order valence-electron chi connectivity index (χ0n) is 11.0. The molecule has 0 saturated carbocycles. The fraction of sp³-hybridized carbons (Fsp3) is 0.462. The number of hydrogen-bond acceptors (Lipinski definition) is 5. The van der Waals surface area contributed by atoms with Crippen molar-refractivity contribution in [2.24, 2.45) is 0 Å². The quantitative estimate of drug-likeness (QED) is 0.922. The number of aromatic nitrogens is 3. The Kier molecular flexibility index (Phi) is 3.62. The summed E-state index contributed by atoms with van der Waals surface area (Å²) in [5.74, 6) is -0.432. The Bertz CT molecular complexity index is 676. The lowest BCUT2D eigenvalue weighted by atomic mass is 9.96. The molecule has 0 bridgehead atoms. The summed E-state index contributed by atoms with van der Waals surface area (Å²) in [7, 11) is 0. The van der Waals surface area contributed by atoms with E-state index in [1.165, 1.54) is 11.3 Å². The van der Waals surface area contributed by atoms with E-state index >= 15 is 0 Å². The highest BCUT2D eigenvalue weighted by molar-refractivity contribution is 7.13. The van der Waals surface area contributed by atoms with Crippen LogP contribution in [0.3, 0.4) is 0 Å². The van der Waals surface area contributed by atoms with Crippen LogP contribution in [-0.2, 0) is 4.74 Å². The van der Waals surface area contributed by atoms with Crippen LogP contribution in [0.15, 0.2) is 10.3 Å². The van der Waals surface area contributed by atoms with Gasteiger partial charge in [-0.15, -0.1) is 11.3 Å². The van der Waals surface area contributed by atoms with E-state index in [1.54, 1.807) is 5.51 Å². The van der Waals surface area contributed by atoms with E-state index in [9.17, 15) is 9.18 Å². The fourth-order valence-corrected chi connectivity index (χ4v) is 3.10. The second-order valence-corrected chi connectivity index (χ2v) is 5.62. The maximum atomic E-state index is 14.0. The van der Waals surface area contributed by atoms with Crippen molar-refractivity contribution < 1.29 is 9.13 Å². The van der Waals surface area contributed by atoms with Crippen molar-refractivity contribution >= 4 is 11.3 Å². The lowest BCUT2D eigenvalue weighted by molar-refractivity contribution is 0.0836. The molecule has 1 aliphatic rings. The van der Waals surface area contributed by atoms with Crippen LogP contribution in [0, 0.1) is 12.7 Å². The number of nitrogens with one attached hydrogen (secondary N) is 1. The average molecular weight is 295 g/mol. The van der Waals surface area contributed by atoms with Gasteiger partial charge in [0.25, 0.3) is 5.56 Å². The van der Waals surface area contributed by atoms with Crippen LogP contribution < -0.4 is 5.56 Å². The van der Waals surface area contributed by atoms with Crippen LogP contribution in [0.5, 0.6) is 0 Å². The van der Waals surface area contributed by atoms with E-state index in [-0.39, 0.29) is 11.6 Å². The summed E-state index contributed by atoms with van der Waals surface area (Å²) in [5, 5.41) is 0. The van der Waals surface area contributed by atoms with Gasteiger partial charge in [-0.3, -0.25) is 4.79 Å². The van der Waals surface area contributed by atoms with Gasteiger partial charge < -0.3 is 9.72 Å². The van der Waals surface area contributed by atoms with Crippen molar-refractivity contribution in [3.8, 4) is 10.7 Å². The van der Waals surface area contributed by atoms with Crippen molar-refractivity contribution in [3.05, 3.63) is 33.1 Å². The van der Waals surface area contributed by atoms with Gasteiger partial charge in [0.15, 0.2) is 5.82 Å². The molecular formula is C13H14FN3O2S. The molecule has 0 aliphatic carbocycles. The van der Waals surface area contributed by atoms with Gasteiger partial charge in [-0.2, -0.15) is 4.39 Å². The third-order valence-electron chi connectivity index (χ3n) is 3.46. The van der Waals surface area contributed by atoms with Crippen LogP contribution in [-0.4, -0.2) is 28.2 Å². The molecule has 5 nitrogen and oxygen atoms in total. The molecule has 106 valence electrons. The number of nitrogens with zero attached hydrogens (tertiary/aromatic N) is 2. The third kappa shape index (κ3) is 2.38. The summed E-state index contributed by atoms with van der Waals surface area (Å²) in [6.07, 6.45) is 1.38. The predicted octanol–water partition coefficient (Wildman–Crippen LogP) is 2.23. The summed E-state index contributed by atoms with van der Waals surface area (Å²) < 4.78 is 19.3. The number of halogens is 1. The highest BCUT2D eigenvalue weighted by Gasteiger charge is 2.24. The molecule has 0 amide bonds. The van der Waals surface area contributed by atoms with Crippen LogP contribution in [0.1, 0.15) is 30.1 Å². The molecule has 3 rings (SSSR count). The standard InChI is InChI=1S/C13H14FN3O2S/c1-7-11(20-6-15-7)12-16-10(9(14)13(18)17-12)8-2-4-19-5-3-8/h6,8H,2-5H2,1H3,(H,16,17,18). The molecule has 0 atom stereocenters. The topological polar surface area (TPSA) is 67.9 Å². The maximum Gasteiger partial charge on any atom is 0.287 e. The van der Waals surface area contributed by atoms with Crippen molar-refractivity contribution in [2.45, 2.75) is 25.7 Å². The molecule has 7 heteroatoms. The Morgan fingerprint density at radius 2 is 2.20 bits per heavy atom. The molecule has 1 saturated heterocycles. The SMILES string of the molecule is Cc1ncsc1-c1nc(C2CCOCC2)c(F)c(=O)[nH]1. The van der Waals surface area contributed by atoms with Crippen molar-refractivity contribution in [1.82, 2.24) is 15.0 Å². The molecule has 0 unspecified atom stereocenters. The summed E-state index contributed by atoms with van der Waals surface area (Å²) >= 11 is 1.38. The zero-order chi connectivity index (χ0) is 14.1. The number of hydrogen-bond donors (Lipinski definition) is 1. The first-order valence-corrected chi connectivity index (χ1v) is 7.32. The molecule has 1 aliphatic heterocycles. The Balaban J connectivity index is 2.08. The van der Waals surface area contributed by atoms with Crippen LogP contribution in [0.2, 0.25) is 0 Å². The van der Waals surface area contributed by atoms with Crippen molar-refractivity contribution in [3.63, 3.8) is 0 Å². The number of thiazole rings is 1. The minimum Gasteiger partial charge on any atom is -0.381 e. The van der Waals surface area contributed by atoms with E-state index < -0.39 is 11.4 Å². The van der Waals surface area contributed by atoms with Crippen LogP contribution >= 0.6 is 11.3 Å². The van der Waals surface area contributed by atoms with Crippen molar-refractivity contribution in [2.75, 3.05) is 13.2 Å². The van der Waals surface area contributed by atoms with Crippen molar-refractivity contribution in [1.29, 1.82) is 0 Å². The molecule has 2 aromatic heterocycles. The highest BCUT2D eigenvalue weighted by atomic mass is 32.1. The van der Waals surface area contributed by atoms with Gasteiger partial charge in [-0.1, -0.05) is 0 Å². The third-order valence-corrected chi connectivity index (χ3v) is 4.39. The number of aryl methyl sites for hydroxylation is 1. The second-order valence-electron chi connectivity index (χ2n) is 4.77. The van der Waals surface area contributed by atoms with Gasteiger partial charge in [0.1, 0.15) is 0 Å². The van der Waals surface area contributed by atoms with E-state index in [2.05, 4.69) is 15.0 Å². The smallest absolute Gasteiger partial charge is 0.287 e. The molecule has 0 radical (unpaired) electrons. The Hall–Kier alpha value is -1.60. The van der Waals surface area contributed by atoms with E-state index in [4.69, 9.17) is 4.74 Å². The summed E-state index contributed by atoms with van der Waals surface area (Å²) in [4.78, 5) is 23.5. The van der Waals surface area contributed by atoms with Gasteiger partial charge in [-0.05, 0) is 19.8 Å². The van der Waals surface area contributed by atoms with Gasteiger partial charge in [-0.25, -0.2) is 9.97 Å². The number of H-pyrrole nitrogens is 1. The van der Waals surface area contributed by atoms with E-state index in [1.807, 2.05) is 6.92 Å². The molecular weight excluding hydrogens is 281 g/mol. The van der Waals surface area contributed by atoms with Gasteiger partial charge in [0.05, 0.1) is 21.8 Å². The van der Waals surface area contributed by atoms with Gasteiger partial charge in [0.2, 0.25) is 5.82 Å². The minimum absolute atomic E-state index is 0.0574. The van der Waals surface area contributed by atoms with E-state index in [0.717, 1.165) is 10.6 Å². The Morgan fingerprint density at radius 1 is 1.45 bits per heavy atom. The minimum atomic E-state index is -0.775. The molecule has 1 fully saturated rings. The zero-order valence-corrected chi connectivity index (χ0v) is 11.8. The average Bonchev–Trinajstić information content (AvgIpc) is 2.89. The molecule has 0 spiro atoms. The molecule has 0 aromatic carbocycles. The normalized spacial score (nSPS) is 16.5. The summed E-state index contributed by atoms with van der Waals surface area (Å²) in [5.41, 5.74) is 1.99. The monoisotopic (exact) mass is 295 g/mol. The number of ether oxygens (including phenoxy) is 1. The molecule has 1 N–H and O–H groups in total. The van der Waals surface area contributed by atoms with Crippen LogP contribution in [0.4, 0.5) is 4.39 Å².